The highest BCUT2D eigenvalue weighted by atomic mass is 32.2. The Morgan fingerprint density at radius 2 is 1.74 bits per heavy atom. The number of ketones is 1. The number of hydrogen-bond acceptors (Lipinski definition) is 3. The number of carbonyl (C=O) groups excluding carboxylic acids is 1. The molecule has 120 valence electrons. The summed E-state index contributed by atoms with van der Waals surface area (Å²) in [6.45, 7) is 1.84. The summed E-state index contributed by atoms with van der Waals surface area (Å²) in [6, 6.07) is 12.5. The van der Waals surface area contributed by atoms with Crippen molar-refractivity contribution in [2.24, 2.45) is 0 Å². The Morgan fingerprint density at radius 1 is 1.09 bits per heavy atom. The maximum atomic E-state index is 14.6. The number of nitrogens with zero attached hydrogens (tertiary/aromatic N) is 1. The third kappa shape index (κ3) is 2.74. The van der Waals surface area contributed by atoms with Gasteiger partial charge in [-0.3, -0.25) is 4.79 Å². The normalized spacial score (nSPS) is 18.4. The summed E-state index contributed by atoms with van der Waals surface area (Å²) in [5.41, 5.74) is 1.25. The Labute approximate surface area is 134 Å². The number of carbonyl (C=O) groups is 1. The number of anilines is 1. The number of sulfonamides is 1. The monoisotopic (exact) mass is 333 g/mol. The van der Waals surface area contributed by atoms with Gasteiger partial charge in [0.05, 0.1) is 10.6 Å². The second-order valence-electron chi connectivity index (χ2n) is 5.53. The van der Waals surface area contributed by atoms with Crippen LogP contribution in [0.25, 0.3) is 0 Å². The van der Waals surface area contributed by atoms with Crippen LogP contribution < -0.4 is 4.31 Å². The number of halogens is 1. The molecule has 0 saturated carbocycles. The number of rotatable bonds is 2. The average molecular weight is 333 g/mol. The second kappa shape index (κ2) is 5.77. The largest absolute Gasteiger partial charge is 0.294 e. The zero-order valence-electron chi connectivity index (χ0n) is 12.6. The smallest absolute Gasteiger partial charge is 0.266 e. The third-order valence-corrected chi connectivity index (χ3v) is 5.69. The molecular formula is C17H16FNO3S. The van der Waals surface area contributed by atoms with Gasteiger partial charge < -0.3 is 0 Å². The van der Waals surface area contributed by atoms with E-state index >= 15 is 0 Å². The SMILES string of the molecule is Cc1ccc(S(=O)(=O)N2c3ccccc3C(=O)CCC2F)cc1. The minimum Gasteiger partial charge on any atom is -0.294 e. The molecule has 0 spiro atoms. The molecule has 3 rings (SSSR count). The summed E-state index contributed by atoms with van der Waals surface area (Å²) in [5, 5.41) is 0. The summed E-state index contributed by atoms with van der Waals surface area (Å²) in [5.74, 6) is -0.246. The highest BCUT2D eigenvalue weighted by Crippen LogP contribution is 2.34. The molecule has 1 aliphatic heterocycles. The first kappa shape index (κ1) is 15.7. The molecule has 1 unspecified atom stereocenters. The minimum atomic E-state index is -4.08. The van der Waals surface area contributed by atoms with Crippen molar-refractivity contribution >= 4 is 21.5 Å². The van der Waals surface area contributed by atoms with Gasteiger partial charge >= 0.3 is 0 Å². The molecule has 0 radical (unpaired) electrons. The molecule has 1 atom stereocenters. The highest BCUT2D eigenvalue weighted by Gasteiger charge is 2.36. The van der Waals surface area contributed by atoms with E-state index in [9.17, 15) is 17.6 Å². The number of fused-ring (bicyclic) bond motifs is 1. The molecule has 0 fully saturated rings. The number of benzene rings is 2. The third-order valence-electron chi connectivity index (χ3n) is 3.88. The molecular weight excluding hydrogens is 317 g/mol. The number of hydrogen-bond donors (Lipinski definition) is 0. The standard InChI is InChI=1S/C17H16FNO3S/c1-12-6-8-13(9-7-12)23(21,22)19-15-5-3-2-4-14(15)16(20)10-11-17(19)18/h2-9,17H,10-11H2,1H3. The molecule has 1 aliphatic rings. The highest BCUT2D eigenvalue weighted by molar-refractivity contribution is 7.92. The van der Waals surface area contributed by atoms with Gasteiger partial charge in [0, 0.05) is 18.4 Å². The van der Waals surface area contributed by atoms with E-state index < -0.39 is 16.3 Å². The fraction of sp³-hybridized carbons (Fsp3) is 0.235. The lowest BCUT2D eigenvalue weighted by Gasteiger charge is -2.27. The Morgan fingerprint density at radius 3 is 2.43 bits per heavy atom. The zero-order valence-corrected chi connectivity index (χ0v) is 13.4. The summed E-state index contributed by atoms with van der Waals surface area (Å²) in [6.07, 6.45) is -1.94. The van der Waals surface area contributed by atoms with Crippen molar-refractivity contribution in [2.45, 2.75) is 31.0 Å². The van der Waals surface area contributed by atoms with Gasteiger partial charge in [0.25, 0.3) is 10.0 Å². The summed E-state index contributed by atoms with van der Waals surface area (Å²) in [7, 11) is -4.08. The molecule has 23 heavy (non-hydrogen) atoms. The molecule has 4 nitrogen and oxygen atoms in total. The van der Waals surface area contributed by atoms with Crippen LogP contribution in [0.4, 0.5) is 10.1 Å². The van der Waals surface area contributed by atoms with Gasteiger partial charge in [-0.25, -0.2) is 17.1 Å². The molecule has 0 aliphatic carbocycles. The molecule has 0 aromatic heterocycles. The van der Waals surface area contributed by atoms with Crippen molar-refractivity contribution in [1.82, 2.24) is 0 Å². The molecule has 0 N–H and O–H groups in total. The van der Waals surface area contributed by atoms with Gasteiger partial charge in [-0.15, -0.1) is 0 Å². The van der Waals surface area contributed by atoms with E-state index in [1.54, 1.807) is 24.3 Å². The predicted octanol–water partition coefficient (Wildman–Crippen LogP) is 3.46. The predicted molar refractivity (Wildman–Crippen MR) is 85.7 cm³/mol. The minimum absolute atomic E-state index is 0.00917. The van der Waals surface area contributed by atoms with Gasteiger partial charge in [0.15, 0.2) is 12.1 Å². The van der Waals surface area contributed by atoms with Crippen LogP contribution in [0.2, 0.25) is 0 Å². The maximum Gasteiger partial charge on any atom is 0.266 e. The lowest BCUT2D eigenvalue weighted by Crippen LogP contribution is -2.37. The first-order valence-corrected chi connectivity index (χ1v) is 8.72. The fourth-order valence-electron chi connectivity index (χ4n) is 2.66. The lowest BCUT2D eigenvalue weighted by atomic mass is 10.1. The second-order valence-corrected chi connectivity index (χ2v) is 7.34. The van der Waals surface area contributed by atoms with Crippen molar-refractivity contribution < 1.29 is 17.6 Å². The van der Waals surface area contributed by atoms with E-state index in [1.807, 2.05) is 6.92 Å². The van der Waals surface area contributed by atoms with Gasteiger partial charge in [-0.1, -0.05) is 29.8 Å². The molecule has 2 aromatic carbocycles. The van der Waals surface area contributed by atoms with Crippen LogP contribution in [0.5, 0.6) is 0 Å². The summed E-state index contributed by atoms with van der Waals surface area (Å²) in [4.78, 5) is 12.1. The van der Waals surface area contributed by atoms with Crippen LogP contribution in [-0.2, 0) is 10.0 Å². The van der Waals surface area contributed by atoms with E-state index in [2.05, 4.69) is 0 Å². The van der Waals surface area contributed by atoms with Crippen molar-refractivity contribution in [3.05, 3.63) is 59.7 Å². The zero-order chi connectivity index (χ0) is 16.6. The summed E-state index contributed by atoms with van der Waals surface area (Å²) < 4.78 is 41.2. The van der Waals surface area contributed by atoms with Gasteiger partial charge in [0.1, 0.15) is 0 Å². The molecule has 0 amide bonds. The van der Waals surface area contributed by atoms with Gasteiger partial charge in [-0.2, -0.15) is 0 Å². The van der Waals surface area contributed by atoms with E-state index in [-0.39, 0.29) is 34.8 Å². The Bertz CT molecular complexity index is 846. The first-order chi connectivity index (χ1) is 10.9. The Balaban J connectivity index is 2.18. The van der Waals surface area contributed by atoms with E-state index in [0.717, 1.165) is 9.87 Å². The number of para-hydroxylation sites is 1. The van der Waals surface area contributed by atoms with Crippen LogP contribution in [0.1, 0.15) is 28.8 Å². The van der Waals surface area contributed by atoms with Crippen molar-refractivity contribution in [1.29, 1.82) is 0 Å². The van der Waals surface area contributed by atoms with Crippen LogP contribution in [-0.4, -0.2) is 20.5 Å². The molecule has 2 aromatic rings. The Kier molecular flexibility index (Phi) is 3.93. The van der Waals surface area contributed by atoms with Gasteiger partial charge in [-0.05, 0) is 31.2 Å². The average Bonchev–Trinajstić information content (AvgIpc) is 2.65. The van der Waals surface area contributed by atoms with Crippen LogP contribution in [0.15, 0.2) is 53.4 Å². The van der Waals surface area contributed by atoms with Crippen molar-refractivity contribution in [2.75, 3.05) is 4.31 Å². The number of Topliss-reactive ketones (excluding diaryl/α,β-unsaturated/α-hetero) is 1. The lowest BCUT2D eigenvalue weighted by molar-refractivity contribution is 0.0975. The van der Waals surface area contributed by atoms with E-state index in [4.69, 9.17) is 0 Å². The maximum absolute atomic E-state index is 14.6. The number of aryl methyl sites for hydroxylation is 1. The molecule has 6 heteroatoms. The molecule has 0 bridgehead atoms. The van der Waals surface area contributed by atoms with E-state index in [1.165, 1.54) is 24.3 Å². The number of alkyl halides is 1. The fourth-order valence-corrected chi connectivity index (χ4v) is 4.19. The Hall–Kier alpha value is -2.21. The van der Waals surface area contributed by atoms with E-state index in [0.29, 0.717) is 0 Å². The van der Waals surface area contributed by atoms with Crippen LogP contribution in [0.3, 0.4) is 0 Å². The van der Waals surface area contributed by atoms with Crippen molar-refractivity contribution in [3.63, 3.8) is 0 Å². The van der Waals surface area contributed by atoms with Crippen molar-refractivity contribution in [3.8, 4) is 0 Å². The first-order valence-electron chi connectivity index (χ1n) is 7.28. The summed E-state index contributed by atoms with van der Waals surface area (Å²) >= 11 is 0. The molecule has 1 heterocycles. The van der Waals surface area contributed by atoms with Crippen LogP contribution in [0, 0.1) is 6.92 Å². The molecule has 0 saturated heterocycles. The quantitative estimate of drug-likeness (QED) is 0.791. The topological polar surface area (TPSA) is 54.5 Å². The van der Waals surface area contributed by atoms with Crippen LogP contribution >= 0.6 is 0 Å². The van der Waals surface area contributed by atoms with Gasteiger partial charge in [0.2, 0.25) is 0 Å².